The summed E-state index contributed by atoms with van der Waals surface area (Å²) in [6.07, 6.45) is 2.89. The molecular formula is C14H18BrNOS. The molecule has 2 rings (SSSR count). The maximum atomic E-state index is 5.44. The van der Waals surface area contributed by atoms with E-state index in [1.807, 2.05) is 6.92 Å². The second-order valence-electron chi connectivity index (χ2n) is 4.42. The van der Waals surface area contributed by atoms with Crippen LogP contribution in [0.4, 0.5) is 0 Å². The minimum Gasteiger partial charge on any atom is -0.469 e. The number of aryl methyl sites for hydroxylation is 2. The van der Waals surface area contributed by atoms with E-state index in [0.29, 0.717) is 0 Å². The third-order valence-electron chi connectivity index (χ3n) is 2.97. The van der Waals surface area contributed by atoms with Crippen LogP contribution in [0, 0.1) is 13.8 Å². The van der Waals surface area contributed by atoms with E-state index in [1.54, 1.807) is 17.6 Å². The van der Waals surface area contributed by atoms with Gasteiger partial charge in [-0.2, -0.15) is 0 Å². The molecule has 2 nitrogen and oxygen atoms in total. The molecule has 0 saturated heterocycles. The number of thiophene rings is 1. The highest BCUT2D eigenvalue weighted by atomic mass is 79.9. The molecule has 0 saturated carbocycles. The topological polar surface area (TPSA) is 25.2 Å². The molecule has 0 aliphatic heterocycles. The quantitative estimate of drug-likeness (QED) is 0.852. The molecule has 1 N–H and O–H groups in total. The molecule has 0 aliphatic rings. The van der Waals surface area contributed by atoms with Crippen LogP contribution < -0.4 is 5.32 Å². The van der Waals surface area contributed by atoms with E-state index >= 15 is 0 Å². The monoisotopic (exact) mass is 327 g/mol. The van der Waals surface area contributed by atoms with Gasteiger partial charge in [0, 0.05) is 10.4 Å². The molecule has 0 aromatic carbocycles. The van der Waals surface area contributed by atoms with E-state index in [2.05, 4.69) is 47.2 Å². The Morgan fingerprint density at radius 3 is 2.72 bits per heavy atom. The summed E-state index contributed by atoms with van der Waals surface area (Å²) in [5, 5.41) is 3.60. The maximum absolute atomic E-state index is 5.44. The molecule has 0 amide bonds. The molecule has 0 fully saturated rings. The van der Waals surface area contributed by atoms with Crippen molar-refractivity contribution < 1.29 is 4.42 Å². The standard InChI is InChI=1S/C14H18BrNOS/c1-4-6-16-13(11-5-7-17-10(11)3)12-8-9(2)14(15)18-12/h5,7-8,13,16H,4,6H2,1-3H3. The van der Waals surface area contributed by atoms with Crippen molar-refractivity contribution in [1.82, 2.24) is 5.32 Å². The van der Waals surface area contributed by atoms with E-state index in [9.17, 15) is 0 Å². The second-order valence-corrected chi connectivity index (χ2v) is 6.83. The first-order valence-electron chi connectivity index (χ1n) is 6.16. The van der Waals surface area contributed by atoms with Crippen LogP contribution >= 0.6 is 27.3 Å². The van der Waals surface area contributed by atoms with Gasteiger partial charge >= 0.3 is 0 Å². The van der Waals surface area contributed by atoms with Crippen LogP contribution in [0.5, 0.6) is 0 Å². The first-order chi connectivity index (χ1) is 8.63. The lowest BCUT2D eigenvalue weighted by atomic mass is 10.1. The molecule has 4 heteroatoms. The molecule has 1 unspecified atom stereocenters. The minimum absolute atomic E-state index is 0.235. The summed E-state index contributed by atoms with van der Waals surface area (Å²) in [5.74, 6) is 0.991. The van der Waals surface area contributed by atoms with E-state index < -0.39 is 0 Å². The van der Waals surface area contributed by atoms with Crippen molar-refractivity contribution >= 4 is 27.3 Å². The summed E-state index contributed by atoms with van der Waals surface area (Å²) in [7, 11) is 0. The van der Waals surface area contributed by atoms with Gasteiger partial charge in [0.1, 0.15) is 5.76 Å². The van der Waals surface area contributed by atoms with Crippen molar-refractivity contribution in [2.24, 2.45) is 0 Å². The van der Waals surface area contributed by atoms with Crippen molar-refractivity contribution in [3.8, 4) is 0 Å². The Hall–Kier alpha value is -0.580. The summed E-state index contributed by atoms with van der Waals surface area (Å²) < 4.78 is 6.65. The first kappa shape index (κ1) is 13.8. The SMILES string of the molecule is CCCNC(c1cc(C)c(Br)s1)c1ccoc1C. The van der Waals surface area contributed by atoms with E-state index in [-0.39, 0.29) is 6.04 Å². The molecule has 1 atom stereocenters. The zero-order valence-corrected chi connectivity index (χ0v) is 13.3. The highest BCUT2D eigenvalue weighted by Gasteiger charge is 2.20. The molecule has 0 bridgehead atoms. The number of nitrogens with one attached hydrogen (secondary N) is 1. The maximum Gasteiger partial charge on any atom is 0.105 e. The fourth-order valence-corrected chi connectivity index (χ4v) is 3.64. The Balaban J connectivity index is 2.33. The second kappa shape index (κ2) is 6.04. The van der Waals surface area contributed by atoms with Gasteiger partial charge in [-0.3, -0.25) is 0 Å². The van der Waals surface area contributed by atoms with Crippen molar-refractivity contribution in [2.75, 3.05) is 6.54 Å². The number of rotatable bonds is 5. The van der Waals surface area contributed by atoms with Crippen LogP contribution in [0.2, 0.25) is 0 Å². The van der Waals surface area contributed by atoms with Gasteiger partial charge in [-0.15, -0.1) is 11.3 Å². The van der Waals surface area contributed by atoms with Gasteiger partial charge in [0.15, 0.2) is 0 Å². The molecule has 18 heavy (non-hydrogen) atoms. The number of hydrogen-bond acceptors (Lipinski definition) is 3. The lowest BCUT2D eigenvalue weighted by Gasteiger charge is -2.16. The Morgan fingerprint density at radius 2 is 2.22 bits per heavy atom. The molecule has 2 heterocycles. The van der Waals surface area contributed by atoms with Gasteiger partial charge in [-0.1, -0.05) is 6.92 Å². The largest absolute Gasteiger partial charge is 0.469 e. The Kier molecular flexibility index (Phi) is 4.65. The van der Waals surface area contributed by atoms with Gasteiger partial charge in [0.25, 0.3) is 0 Å². The van der Waals surface area contributed by atoms with Crippen LogP contribution in [0.1, 0.15) is 41.2 Å². The molecule has 0 radical (unpaired) electrons. The minimum atomic E-state index is 0.235. The molecule has 98 valence electrons. The summed E-state index contributed by atoms with van der Waals surface area (Å²) in [6, 6.07) is 4.54. The fraction of sp³-hybridized carbons (Fsp3) is 0.429. The number of furan rings is 1. The smallest absolute Gasteiger partial charge is 0.105 e. The van der Waals surface area contributed by atoms with Gasteiger partial charge < -0.3 is 9.73 Å². The van der Waals surface area contributed by atoms with Gasteiger partial charge in [0.05, 0.1) is 16.1 Å². The lowest BCUT2D eigenvalue weighted by molar-refractivity contribution is 0.518. The third-order valence-corrected chi connectivity index (χ3v) is 5.17. The van der Waals surface area contributed by atoms with Gasteiger partial charge in [-0.05, 0) is 60.4 Å². The average Bonchev–Trinajstić information content (AvgIpc) is 2.88. The Labute approximate surface area is 121 Å². The van der Waals surface area contributed by atoms with E-state index in [4.69, 9.17) is 4.42 Å². The normalized spacial score (nSPS) is 12.9. The van der Waals surface area contributed by atoms with Gasteiger partial charge in [-0.25, -0.2) is 0 Å². The molecular weight excluding hydrogens is 310 g/mol. The van der Waals surface area contributed by atoms with Crippen LogP contribution in [0.3, 0.4) is 0 Å². The molecule has 0 aliphatic carbocycles. The Morgan fingerprint density at radius 1 is 1.44 bits per heavy atom. The highest BCUT2D eigenvalue weighted by molar-refractivity contribution is 9.11. The van der Waals surface area contributed by atoms with Crippen molar-refractivity contribution in [3.05, 3.63) is 43.9 Å². The lowest BCUT2D eigenvalue weighted by Crippen LogP contribution is -2.22. The van der Waals surface area contributed by atoms with Crippen LogP contribution in [-0.2, 0) is 0 Å². The van der Waals surface area contributed by atoms with E-state index in [1.165, 1.54) is 19.8 Å². The summed E-state index contributed by atoms with van der Waals surface area (Å²) in [5.41, 5.74) is 2.52. The van der Waals surface area contributed by atoms with E-state index in [0.717, 1.165) is 18.7 Å². The highest BCUT2D eigenvalue weighted by Crippen LogP contribution is 2.35. The molecule has 0 spiro atoms. The summed E-state index contributed by atoms with van der Waals surface area (Å²) >= 11 is 5.39. The predicted octanol–water partition coefficient (Wildman–Crippen LogP) is 4.81. The summed E-state index contributed by atoms with van der Waals surface area (Å²) in [6.45, 7) is 7.33. The van der Waals surface area contributed by atoms with Crippen molar-refractivity contribution in [3.63, 3.8) is 0 Å². The van der Waals surface area contributed by atoms with Crippen LogP contribution in [0.25, 0.3) is 0 Å². The predicted molar refractivity (Wildman–Crippen MR) is 80.3 cm³/mol. The van der Waals surface area contributed by atoms with Crippen LogP contribution in [-0.4, -0.2) is 6.54 Å². The fourth-order valence-electron chi connectivity index (χ4n) is 1.97. The first-order valence-corrected chi connectivity index (χ1v) is 7.77. The number of halogens is 1. The van der Waals surface area contributed by atoms with Crippen molar-refractivity contribution in [1.29, 1.82) is 0 Å². The van der Waals surface area contributed by atoms with Gasteiger partial charge in [0.2, 0.25) is 0 Å². The zero-order valence-electron chi connectivity index (χ0n) is 10.9. The Bertz CT molecular complexity index is 498. The average molecular weight is 328 g/mol. The van der Waals surface area contributed by atoms with Crippen LogP contribution in [0.15, 0.2) is 26.6 Å². The summed E-state index contributed by atoms with van der Waals surface area (Å²) in [4.78, 5) is 1.33. The van der Waals surface area contributed by atoms with Crippen molar-refractivity contribution in [2.45, 2.75) is 33.2 Å². The number of hydrogen-bond donors (Lipinski definition) is 1. The zero-order chi connectivity index (χ0) is 13.1. The third kappa shape index (κ3) is 2.87. The molecule has 2 aromatic rings. The molecule has 2 aromatic heterocycles.